The first-order valence-corrected chi connectivity index (χ1v) is 4.02. The van der Waals surface area contributed by atoms with Gasteiger partial charge in [0.05, 0.1) is 5.57 Å². The van der Waals surface area contributed by atoms with Crippen molar-refractivity contribution in [3.63, 3.8) is 0 Å². The van der Waals surface area contributed by atoms with Gasteiger partial charge in [-0.25, -0.2) is 4.79 Å². The average molecular weight is 247 g/mol. The fraction of sp³-hybridized carbons (Fsp3) is 0.333. The molecule has 0 aromatic rings. The van der Waals surface area contributed by atoms with E-state index < -0.39 is 21.4 Å². The molecule has 0 saturated carbocycles. The molecule has 0 amide bonds. The Balaban J connectivity index is 4.71. The van der Waals surface area contributed by atoms with E-state index in [0.29, 0.717) is 0 Å². The van der Waals surface area contributed by atoms with Crippen LogP contribution in [0, 0.1) is 0 Å². The van der Waals surface area contributed by atoms with E-state index in [-0.39, 0.29) is 6.47 Å². The van der Waals surface area contributed by atoms with Gasteiger partial charge in [0.2, 0.25) is 3.79 Å². The number of carboxylic acid groups (broad SMARTS) is 1. The summed E-state index contributed by atoms with van der Waals surface area (Å²) in [6, 6.07) is 0. The molecule has 1 atom stereocenters. The van der Waals surface area contributed by atoms with Crippen LogP contribution in [-0.2, 0) is 14.3 Å². The third kappa shape index (κ3) is 3.85. The van der Waals surface area contributed by atoms with E-state index >= 15 is 0 Å². The minimum atomic E-state index is -2.05. The van der Waals surface area contributed by atoms with Crippen LogP contribution in [0.5, 0.6) is 0 Å². The highest BCUT2D eigenvalue weighted by atomic mass is 35.6. The third-order valence-electron chi connectivity index (χ3n) is 1.08. The van der Waals surface area contributed by atoms with Crippen molar-refractivity contribution in [1.82, 2.24) is 0 Å². The second-order valence-corrected chi connectivity index (χ2v) is 4.35. The van der Waals surface area contributed by atoms with Crippen molar-refractivity contribution >= 4 is 47.2 Å². The van der Waals surface area contributed by atoms with Crippen LogP contribution >= 0.6 is 34.8 Å². The number of carboxylic acids is 1. The maximum Gasteiger partial charge on any atom is 0.334 e. The summed E-state index contributed by atoms with van der Waals surface area (Å²) in [4.78, 5) is 20.3. The maximum atomic E-state index is 10.4. The molecule has 0 aliphatic rings. The zero-order valence-electron chi connectivity index (χ0n) is 6.17. The van der Waals surface area contributed by atoms with Gasteiger partial charge in [-0.05, 0) is 0 Å². The summed E-state index contributed by atoms with van der Waals surface area (Å²) in [5.41, 5.74) is -0.507. The highest BCUT2D eigenvalue weighted by Gasteiger charge is 2.39. The molecule has 0 saturated heterocycles. The molecule has 74 valence electrons. The Morgan fingerprint density at radius 3 is 2.23 bits per heavy atom. The smallest absolute Gasteiger partial charge is 0.334 e. The van der Waals surface area contributed by atoms with Crippen molar-refractivity contribution in [2.24, 2.45) is 0 Å². The molecule has 0 heterocycles. The lowest BCUT2D eigenvalue weighted by Crippen LogP contribution is -2.33. The summed E-state index contributed by atoms with van der Waals surface area (Å²) in [5.74, 6) is -1.40. The number of hydrogen-bond donors (Lipinski definition) is 1. The summed E-state index contributed by atoms with van der Waals surface area (Å²) >= 11 is 16.0. The molecule has 0 rings (SSSR count). The zero-order chi connectivity index (χ0) is 10.6. The van der Waals surface area contributed by atoms with Gasteiger partial charge in [-0.15, -0.1) is 0 Å². The van der Waals surface area contributed by atoms with Gasteiger partial charge in [0, 0.05) is 0 Å². The quantitative estimate of drug-likeness (QED) is 0.465. The monoisotopic (exact) mass is 246 g/mol. The first-order chi connectivity index (χ1) is 5.80. The van der Waals surface area contributed by atoms with Gasteiger partial charge >= 0.3 is 5.97 Å². The largest absolute Gasteiger partial charge is 0.478 e. The van der Waals surface area contributed by atoms with Crippen LogP contribution in [0.1, 0.15) is 0 Å². The Bertz CT molecular complexity index is 233. The third-order valence-corrected chi connectivity index (χ3v) is 1.67. The highest BCUT2D eigenvalue weighted by Crippen LogP contribution is 2.35. The van der Waals surface area contributed by atoms with Gasteiger partial charge < -0.3 is 9.84 Å². The number of hydrogen-bond acceptors (Lipinski definition) is 3. The Morgan fingerprint density at radius 1 is 1.54 bits per heavy atom. The van der Waals surface area contributed by atoms with Gasteiger partial charge in [0.15, 0.2) is 6.10 Å². The zero-order valence-corrected chi connectivity index (χ0v) is 8.44. The minimum absolute atomic E-state index is 0.0132. The lowest BCUT2D eigenvalue weighted by molar-refractivity contribution is -0.137. The fourth-order valence-electron chi connectivity index (χ4n) is 0.525. The average Bonchev–Trinajstić information content (AvgIpc) is 1.96. The van der Waals surface area contributed by atoms with Crippen LogP contribution < -0.4 is 0 Å². The number of ether oxygens (including phenoxy) is 1. The summed E-state index contributed by atoms with van der Waals surface area (Å²) in [6.07, 6.45) is -1.49. The van der Waals surface area contributed by atoms with Gasteiger partial charge in [0.1, 0.15) is 0 Å². The second-order valence-electron chi connectivity index (χ2n) is 1.98. The molecular formula is C6H5Cl3O4. The second kappa shape index (κ2) is 4.69. The summed E-state index contributed by atoms with van der Waals surface area (Å²) in [5, 5.41) is 8.47. The molecule has 0 radical (unpaired) electrons. The molecule has 4 nitrogen and oxygen atoms in total. The molecule has 0 aliphatic heterocycles. The van der Waals surface area contributed by atoms with Gasteiger partial charge in [-0.2, -0.15) is 0 Å². The van der Waals surface area contributed by atoms with Crippen molar-refractivity contribution < 1.29 is 19.4 Å². The molecular weight excluding hydrogens is 242 g/mol. The van der Waals surface area contributed by atoms with E-state index in [2.05, 4.69) is 11.3 Å². The lowest BCUT2D eigenvalue weighted by atomic mass is 10.2. The predicted octanol–water partition coefficient (Wildman–Crippen LogP) is 1.54. The number of rotatable bonds is 4. The number of halogens is 3. The molecule has 7 heteroatoms. The van der Waals surface area contributed by atoms with E-state index in [9.17, 15) is 9.59 Å². The lowest BCUT2D eigenvalue weighted by Gasteiger charge is -2.21. The van der Waals surface area contributed by atoms with E-state index in [1.165, 1.54) is 0 Å². The topological polar surface area (TPSA) is 63.6 Å². The Labute approximate surface area is 89.0 Å². The number of alkyl halides is 3. The molecule has 1 unspecified atom stereocenters. The number of carbonyl (C=O) groups is 2. The normalized spacial score (nSPS) is 13.2. The molecule has 0 bridgehead atoms. The predicted molar refractivity (Wildman–Crippen MR) is 48.0 cm³/mol. The van der Waals surface area contributed by atoms with Crippen LogP contribution in [-0.4, -0.2) is 27.4 Å². The van der Waals surface area contributed by atoms with Crippen LogP contribution in [0.15, 0.2) is 12.2 Å². The SMILES string of the molecule is C=C(C(=O)O)C(OC=O)C(Cl)(Cl)Cl. The van der Waals surface area contributed by atoms with Crippen molar-refractivity contribution in [2.75, 3.05) is 0 Å². The Morgan fingerprint density at radius 2 is 2.00 bits per heavy atom. The molecule has 0 aromatic carbocycles. The van der Waals surface area contributed by atoms with E-state index in [4.69, 9.17) is 39.9 Å². The number of aliphatic carboxylic acids is 1. The standard InChI is InChI=1S/C6H5Cl3O4/c1-3(5(11)12)4(13-2-10)6(7,8)9/h2,4H,1H2,(H,11,12). The molecule has 0 spiro atoms. The Hall–Kier alpha value is -0.450. The van der Waals surface area contributed by atoms with Crippen LogP contribution in [0.4, 0.5) is 0 Å². The molecule has 0 aromatic heterocycles. The van der Waals surface area contributed by atoms with Gasteiger partial charge in [-0.1, -0.05) is 41.4 Å². The maximum absolute atomic E-state index is 10.4. The summed E-state index contributed by atoms with van der Waals surface area (Å²) in [6.45, 7) is 3.09. The van der Waals surface area contributed by atoms with E-state index in [0.717, 1.165) is 0 Å². The summed E-state index contributed by atoms with van der Waals surface area (Å²) < 4.78 is 2.23. The highest BCUT2D eigenvalue weighted by molar-refractivity contribution is 6.68. The number of carbonyl (C=O) groups excluding carboxylic acids is 1. The molecule has 0 fully saturated rings. The van der Waals surface area contributed by atoms with Crippen LogP contribution in [0.2, 0.25) is 0 Å². The van der Waals surface area contributed by atoms with Crippen molar-refractivity contribution in [3.8, 4) is 0 Å². The minimum Gasteiger partial charge on any atom is -0.478 e. The van der Waals surface area contributed by atoms with Crippen molar-refractivity contribution in [3.05, 3.63) is 12.2 Å². The first-order valence-electron chi connectivity index (χ1n) is 2.88. The molecule has 1 N–H and O–H groups in total. The van der Waals surface area contributed by atoms with E-state index in [1.54, 1.807) is 0 Å². The molecule has 0 aliphatic carbocycles. The molecule has 13 heavy (non-hydrogen) atoms. The van der Waals surface area contributed by atoms with Gasteiger partial charge in [-0.3, -0.25) is 4.79 Å². The van der Waals surface area contributed by atoms with Crippen LogP contribution in [0.3, 0.4) is 0 Å². The van der Waals surface area contributed by atoms with Crippen LogP contribution in [0.25, 0.3) is 0 Å². The fourth-order valence-corrected chi connectivity index (χ4v) is 1.07. The van der Waals surface area contributed by atoms with Crippen molar-refractivity contribution in [2.45, 2.75) is 9.90 Å². The first kappa shape index (κ1) is 12.6. The Kier molecular flexibility index (Phi) is 4.53. The van der Waals surface area contributed by atoms with E-state index in [1.807, 2.05) is 0 Å². The van der Waals surface area contributed by atoms with Gasteiger partial charge in [0.25, 0.3) is 6.47 Å². The van der Waals surface area contributed by atoms with Crippen molar-refractivity contribution in [1.29, 1.82) is 0 Å². The summed E-state index contributed by atoms with van der Waals surface area (Å²) in [7, 11) is 0.